The number of hydrogen-bond acceptors (Lipinski definition) is 3. The lowest BCUT2D eigenvalue weighted by Gasteiger charge is -2.20. The molecule has 3 rings (SSSR count). The van der Waals surface area contributed by atoms with Crippen molar-refractivity contribution < 1.29 is 32.2 Å². The maximum atomic E-state index is 14.1. The summed E-state index contributed by atoms with van der Waals surface area (Å²) in [5.74, 6) is -2.46. The fraction of sp³-hybridized carbons (Fsp3) is 0.250. The van der Waals surface area contributed by atoms with Crippen molar-refractivity contribution in [2.24, 2.45) is 0 Å². The van der Waals surface area contributed by atoms with Gasteiger partial charge in [0.15, 0.2) is 11.6 Å². The maximum Gasteiger partial charge on any atom is 0.398 e. The van der Waals surface area contributed by atoms with Crippen molar-refractivity contribution in [2.45, 2.75) is 24.4 Å². The van der Waals surface area contributed by atoms with Crippen LogP contribution in [-0.2, 0) is 5.41 Å². The Morgan fingerprint density at radius 3 is 2.38 bits per heavy atom. The lowest BCUT2D eigenvalue weighted by atomic mass is 9.95. The highest BCUT2D eigenvalue weighted by Crippen LogP contribution is 2.59. The van der Waals surface area contributed by atoms with Crippen LogP contribution in [0.5, 0.6) is 11.6 Å². The van der Waals surface area contributed by atoms with Crippen LogP contribution in [0, 0.1) is 5.82 Å². The Kier molecular flexibility index (Phi) is 3.70. The van der Waals surface area contributed by atoms with Crippen molar-refractivity contribution in [2.75, 3.05) is 0 Å². The number of carboxylic acids is 1. The zero-order valence-electron chi connectivity index (χ0n) is 12.1. The minimum Gasteiger partial charge on any atom is -0.478 e. The molecule has 1 saturated carbocycles. The molecule has 0 bridgehead atoms. The van der Waals surface area contributed by atoms with Gasteiger partial charge in [-0.1, -0.05) is 6.07 Å². The van der Waals surface area contributed by atoms with Crippen LogP contribution >= 0.6 is 0 Å². The molecular formula is C16H11F4NO3. The smallest absolute Gasteiger partial charge is 0.398 e. The van der Waals surface area contributed by atoms with Crippen molar-refractivity contribution in [3.05, 3.63) is 53.5 Å². The number of halogens is 4. The third-order valence-corrected chi connectivity index (χ3v) is 3.97. The molecule has 1 aromatic heterocycles. The quantitative estimate of drug-likeness (QED) is 0.842. The summed E-state index contributed by atoms with van der Waals surface area (Å²) in [6.45, 7) is 0. The predicted molar refractivity (Wildman–Crippen MR) is 74.6 cm³/mol. The summed E-state index contributed by atoms with van der Waals surface area (Å²) in [6.07, 6.45) is -3.51. The molecule has 1 aliphatic rings. The topological polar surface area (TPSA) is 59.4 Å². The highest BCUT2D eigenvalue weighted by Gasteiger charge is 2.64. The van der Waals surface area contributed by atoms with Crippen molar-refractivity contribution in [1.82, 2.24) is 4.98 Å². The van der Waals surface area contributed by atoms with Gasteiger partial charge < -0.3 is 9.84 Å². The maximum absolute atomic E-state index is 14.1. The average molecular weight is 341 g/mol. The summed E-state index contributed by atoms with van der Waals surface area (Å²) in [6, 6.07) is 5.57. The van der Waals surface area contributed by atoms with E-state index in [1.165, 1.54) is 18.2 Å². The van der Waals surface area contributed by atoms with Crippen LogP contribution in [-0.4, -0.2) is 22.2 Å². The van der Waals surface area contributed by atoms with Crippen molar-refractivity contribution in [3.63, 3.8) is 0 Å². The summed E-state index contributed by atoms with van der Waals surface area (Å²) in [5.41, 5.74) is -2.17. The Bertz CT molecular complexity index is 783. The molecule has 0 unspecified atom stereocenters. The third-order valence-electron chi connectivity index (χ3n) is 3.97. The van der Waals surface area contributed by atoms with Crippen LogP contribution in [0.2, 0.25) is 0 Å². The second kappa shape index (κ2) is 5.47. The number of benzene rings is 1. The first-order valence-electron chi connectivity index (χ1n) is 6.97. The highest BCUT2D eigenvalue weighted by atomic mass is 19.4. The van der Waals surface area contributed by atoms with Gasteiger partial charge in [-0.25, -0.2) is 14.2 Å². The molecule has 0 spiro atoms. The SMILES string of the molecule is O=C(O)c1ccc(Oc2ccc(C3(C(F)(F)F)CC3)cc2F)nc1. The minimum absolute atomic E-state index is 0.0612. The van der Waals surface area contributed by atoms with E-state index in [0.29, 0.717) is 0 Å². The Hall–Kier alpha value is -2.64. The molecule has 1 fully saturated rings. The van der Waals surface area contributed by atoms with Gasteiger partial charge in [-0.3, -0.25) is 0 Å². The first-order valence-corrected chi connectivity index (χ1v) is 6.97. The number of hydrogen-bond donors (Lipinski definition) is 1. The zero-order chi connectivity index (χ0) is 17.5. The standard InChI is InChI=1S/C16H11F4NO3/c17-11-7-10(15(5-6-15)16(18,19)20)2-3-12(11)24-13-4-1-9(8-21-13)14(22)23/h1-4,7-8H,5-6H2,(H,22,23). The Morgan fingerprint density at radius 1 is 1.21 bits per heavy atom. The van der Waals surface area contributed by atoms with Gasteiger partial charge in [0.1, 0.15) is 0 Å². The second-order valence-electron chi connectivity index (χ2n) is 5.52. The van der Waals surface area contributed by atoms with Gasteiger partial charge in [0.2, 0.25) is 5.88 Å². The second-order valence-corrected chi connectivity index (χ2v) is 5.52. The van der Waals surface area contributed by atoms with E-state index in [1.807, 2.05) is 0 Å². The van der Waals surface area contributed by atoms with Crippen LogP contribution in [0.15, 0.2) is 36.5 Å². The molecular weight excluding hydrogens is 330 g/mol. The molecule has 0 aliphatic heterocycles. The number of aromatic nitrogens is 1. The van der Waals surface area contributed by atoms with Crippen LogP contribution < -0.4 is 4.74 Å². The van der Waals surface area contributed by atoms with E-state index in [1.54, 1.807) is 0 Å². The van der Waals surface area contributed by atoms with Gasteiger partial charge >= 0.3 is 12.1 Å². The number of aromatic carboxylic acids is 1. The molecule has 8 heteroatoms. The molecule has 1 aliphatic carbocycles. The van der Waals surface area contributed by atoms with Gasteiger partial charge in [-0.15, -0.1) is 0 Å². The summed E-state index contributed by atoms with van der Waals surface area (Å²) in [5, 5.41) is 8.76. The Morgan fingerprint density at radius 2 is 1.92 bits per heavy atom. The number of rotatable bonds is 4. The van der Waals surface area contributed by atoms with E-state index in [9.17, 15) is 22.4 Å². The van der Waals surface area contributed by atoms with Gasteiger partial charge in [0, 0.05) is 12.3 Å². The fourth-order valence-corrected chi connectivity index (χ4v) is 2.42. The van der Waals surface area contributed by atoms with E-state index in [-0.39, 0.29) is 35.6 Å². The summed E-state index contributed by atoms with van der Waals surface area (Å²) in [4.78, 5) is 14.4. The molecule has 4 nitrogen and oxygen atoms in total. The first-order chi connectivity index (χ1) is 11.2. The van der Waals surface area contributed by atoms with E-state index < -0.39 is 23.4 Å². The van der Waals surface area contributed by atoms with Gasteiger partial charge in [-0.05, 0) is 36.6 Å². The molecule has 2 aromatic rings. The van der Waals surface area contributed by atoms with Gasteiger partial charge in [0.05, 0.1) is 11.0 Å². The highest BCUT2D eigenvalue weighted by molar-refractivity contribution is 5.87. The molecule has 1 heterocycles. The number of carbonyl (C=O) groups is 1. The summed E-state index contributed by atoms with van der Waals surface area (Å²) < 4.78 is 58.4. The summed E-state index contributed by atoms with van der Waals surface area (Å²) >= 11 is 0. The van der Waals surface area contributed by atoms with Crippen LogP contribution in [0.25, 0.3) is 0 Å². The Labute approximate surface area is 133 Å². The minimum atomic E-state index is -4.42. The van der Waals surface area contributed by atoms with Crippen LogP contribution in [0.1, 0.15) is 28.8 Å². The first kappa shape index (κ1) is 16.2. The third kappa shape index (κ3) is 2.79. The van der Waals surface area contributed by atoms with E-state index >= 15 is 0 Å². The number of nitrogens with zero attached hydrogens (tertiary/aromatic N) is 1. The molecule has 0 radical (unpaired) electrons. The molecule has 1 aromatic carbocycles. The summed E-state index contributed by atoms with van der Waals surface area (Å²) in [7, 11) is 0. The molecule has 24 heavy (non-hydrogen) atoms. The van der Waals surface area contributed by atoms with E-state index in [2.05, 4.69) is 4.98 Å². The molecule has 0 amide bonds. The molecule has 1 N–H and O–H groups in total. The fourth-order valence-electron chi connectivity index (χ4n) is 2.42. The number of alkyl halides is 3. The van der Waals surface area contributed by atoms with Crippen LogP contribution in [0.4, 0.5) is 17.6 Å². The van der Waals surface area contributed by atoms with Crippen molar-refractivity contribution in [1.29, 1.82) is 0 Å². The molecule has 0 atom stereocenters. The molecule has 126 valence electrons. The van der Waals surface area contributed by atoms with Gasteiger partial charge in [-0.2, -0.15) is 13.2 Å². The van der Waals surface area contributed by atoms with E-state index in [4.69, 9.17) is 9.84 Å². The lowest BCUT2D eigenvalue weighted by molar-refractivity contribution is -0.160. The monoisotopic (exact) mass is 341 g/mol. The van der Waals surface area contributed by atoms with Crippen molar-refractivity contribution >= 4 is 5.97 Å². The lowest BCUT2D eigenvalue weighted by Crippen LogP contribution is -2.28. The number of pyridine rings is 1. The zero-order valence-corrected chi connectivity index (χ0v) is 12.1. The Balaban J connectivity index is 1.82. The number of carboxylic acid groups (broad SMARTS) is 1. The van der Waals surface area contributed by atoms with E-state index in [0.717, 1.165) is 18.3 Å². The largest absolute Gasteiger partial charge is 0.478 e. The van der Waals surface area contributed by atoms with Crippen molar-refractivity contribution in [3.8, 4) is 11.6 Å². The normalized spacial score (nSPS) is 15.8. The predicted octanol–water partition coefficient (Wildman–Crippen LogP) is 4.31. The van der Waals surface area contributed by atoms with Crippen LogP contribution in [0.3, 0.4) is 0 Å². The van der Waals surface area contributed by atoms with Gasteiger partial charge in [0.25, 0.3) is 0 Å². The number of ether oxygens (including phenoxy) is 1. The molecule has 0 saturated heterocycles. The average Bonchev–Trinajstić information content (AvgIpc) is 3.31.